The maximum absolute atomic E-state index is 6.16. The van der Waals surface area contributed by atoms with Crippen molar-refractivity contribution in [3.8, 4) is 5.69 Å². The molecule has 7 heteroatoms. The second-order valence-electron chi connectivity index (χ2n) is 9.10. The van der Waals surface area contributed by atoms with Gasteiger partial charge in [0.2, 0.25) is 0 Å². The van der Waals surface area contributed by atoms with E-state index in [0.29, 0.717) is 0 Å². The lowest BCUT2D eigenvalue weighted by Gasteiger charge is -2.28. The maximum atomic E-state index is 6.16. The molecule has 0 aliphatic carbocycles. The molecule has 1 aliphatic rings. The number of nitrogens with zero attached hydrogens (tertiary/aromatic N) is 3. The lowest BCUT2D eigenvalue weighted by atomic mass is 9.96. The van der Waals surface area contributed by atoms with E-state index in [4.69, 9.17) is 23.8 Å². The van der Waals surface area contributed by atoms with Gasteiger partial charge in [0.05, 0.1) is 17.8 Å². The van der Waals surface area contributed by atoms with Crippen molar-refractivity contribution in [2.24, 2.45) is 0 Å². The predicted molar refractivity (Wildman–Crippen MR) is 152 cm³/mol. The highest BCUT2D eigenvalue weighted by Gasteiger charge is 2.41. The SMILES string of the molecule is Cc1cc([C@H]2[C@@H](c3ccccn3)NC(=S)N2CCCNc2ccccc2)c(C)n1-c1ccc(Cl)cc1. The maximum Gasteiger partial charge on any atom is 0.170 e. The molecule has 0 saturated carbocycles. The molecular weight excluding hydrogens is 486 g/mol. The van der Waals surface area contributed by atoms with E-state index >= 15 is 0 Å². The van der Waals surface area contributed by atoms with Crippen LogP contribution in [0.3, 0.4) is 0 Å². The number of nitrogens with one attached hydrogen (secondary N) is 2. The Bertz CT molecular complexity index is 1320. The van der Waals surface area contributed by atoms with Crippen LogP contribution >= 0.6 is 23.8 Å². The molecule has 5 nitrogen and oxygen atoms in total. The van der Waals surface area contributed by atoms with Crippen LogP contribution in [0.1, 0.15) is 41.1 Å². The number of hydrogen-bond donors (Lipinski definition) is 2. The van der Waals surface area contributed by atoms with Crippen molar-refractivity contribution in [1.29, 1.82) is 0 Å². The summed E-state index contributed by atoms with van der Waals surface area (Å²) in [5, 5.41) is 8.60. The first-order valence-corrected chi connectivity index (χ1v) is 13.0. The summed E-state index contributed by atoms with van der Waals surface area (Å²) < 4.78 is 2.29. The molecule has 1 fully saturated rings. The Labute approximate surface area is 223 Å². The fourth-order valence-electron chi connectivity index (χ4n) is 5.10. The summed E-state index contributed by atoms with van der Waals surface area (Å²) in [7, 11) is 0. The van der Waals surface area contributed by atoms with Gasteiger partial charge in [-0.05, 0) is 92.6 Å². The van der Waals surface area contributed by atoms with Crippen molar-refractivity contribution in [3.63, 3.8) is 0 Å². The van der Waals surface area contributed by atoms with Gasteiger partial charge in [-0.15, -0.1) is 0 Å². The summed E-state index contributed by atoms with van der Waals surface area (Å²) >= 11 is 12.0. The van der Waals surface area contributed by atoms with E-state index in [1.807, 2.05) is 48.7 Å². The second-order valence-corrected chi connectivity index (χ2v) is 9.93. The lowest BCUT2D eigenvalue weighted by molar-refractivity contribution is 0.315. The Morgan fingerprint density at radius 2 is 1.75 bits per heavy atom. The molecule has 2 aromatic carbocycles. The number of aryl methyl sites for hydroxylation is 1. The number of pyridine rings is 1. The quantitative estimate of drug-likeness (QED) is 0.204. The van der Waals surface area contributed by atoms with Crippen molar-refractivity contribution in [2.45, 2.75) is 32.4 Å². The summed E-state index contributed by atoms with van der Waals surface area (Å²) in [5.41, 5.74) is 6.84. The van der Waals surface area contributed by atoms with Gasteiger partial charge in [0.15, 0.2) is 5.11 Å². The normalized spacial score (nSPS) is 17.3. The van der Waals surface area contributed by atoms with Gasteiger partial charge in [-0.2, -0.15) is 0 Å². The van der Waals surface area contributed by atoms with Crippen LogP contribution in [0.25, 0.3) is 5.69 Å². The highest BCUT2D eigenvalue weighted by molar-refractivity contribution is 7.80. The van der Waals surface area contributed by atoms with E-state index in [9.17, 15) is 0 Å². The second kappa shape index (κ2) is 10.7. The van der Waals surface area contributed by atoms with Crippen LogP contribution in [0.5, 0.6) is 0 Å². The highest BCUT2D eigenvalue weighted by Crippen LogP contribution is 2.41. The molecule has 0 unspecified atom stereocenters. The molecule has 2 aromatic heterocycles. The van der Waals surface area contributed by atoms with Crippen LogP contribution in [0.4, 0.5) is 5.69 Å². The molecule has 0 bridgehead atoms. The van der Waals surface area contributed by atoms with Gasteiger partial charge in [0.25, 0.3) is 0 Å². The molecule has 1 saturated heterocycles. The molecule has 184 valence electrons. The van der Waals surface area contributed by atoms with Crippen molar-refractivity contribution >= 4 is 34.6 Å². The number of para-hydroxylation sites is 1. The van der Waals surface area contributed by atoms with E-state index in [-0.39, 0.29) is 12.1 Å². The number of benzene rings is 2. The zero-order valence-electron chi connectivity index (χ0n) is 20.5. The smallest absolute Gasteiger partial charge is 0.170 e. The van der Waals surface area contributed by atoms with Gasteiger partial charge in [-0.3, -0.25) is 4.98 Å². The van der Waals surface area contributed by atoms with Crippen molar-refractivity contribution < 1.29 is 0 Å². The van der Waals surface area contributed by atoms with Gasteiger partial charge >= 0.3 is 0 Å². The molecule has 5 rings (SSSR count). The lowest BCUT2D eigenvalue weighted by Crippen LogP contribution is -2.31. The zero-order chi connectivity index (χ0) is 25.1. The van der Waals surface area contributed by atoms with Crippen LogP contribution in [0, 0.1) is 13.8 Å². The Hall–Kier alpha value is -3.35. The molecule has 3 heterocycles. The first-order valence-electron chi connectivity index (χ1n) is 12.2. The third kappa shape index (κ3) is 4.97. The summed E-state index contributed by atoms with van der Waals surface area (Å²) in [6.07, 6.45) is 2.80. The van der Waals surface area contributed by atoms with Gasteiger partial charge in [-0.1, -0.05) is 35.9 Å². The fraction of sp³-hybridized carbons (Fsp3) is 0.241. The molecule has 1 aliphatic heterocycles. The summed E-state index contributed by atoms with van der Waals surface area (Å²) in [6, 6.07) is 26.7. The third-order valence-electron chi connectivity index (χ3n) is 6.75. The van der Waals surface area contributed by atoms with E-state index in [2.05, 4.69) is 75.3 Å². The van der Waals surface area contributed by atoms with E-state index in [1.54, 1.807) is 0 Å². The van der Waals surface area contributed by atoms with Crippen molar-refractivity contribution in [1.82, 2.24) is 19.8 Å². The van der Waals surface area contributed by atoms with Crippen LogP contribution in [0.15, 0.2) is 85.1 Å². The Morgan fingerprint density at radius 1 is 1.00 bits per heavy atom. The summed E-state index contributed by atoms with van der Waals surface area (Å²) in [6.45, 7) is 6.04. The number of anilines is 1. The highest BCUT2D eigenvalue weighted by atomic mass is 35.5. The van der Waals surface area contributed by atoms with Gasteiger partial charge < -0.3 is 20.1 Å². The largest absolute Gasteiger partial charge is 0.385 e. The standard InChI is InChI=1S/C29H30ClN5S/c1-20-19-25(21(2)35(20)24-14-12-22(30)13-15-24)28-27(26-11-6-7-16-32-26)33-29(36)34(28)18-8-17-31-23-9-4-3-5-10-23/h3-7,9-16,19,27-28,31H,8,17-18H2,1-2H3,(H,33,36)/t27-,28+/m1/s1. The molecule has 0 spiro atoms. The van der Waals surface area contributed by atoms with Crippen LogP contribution in [0.2, 0.25) is 5.02 Å². The Kier molecular flexibility index (Phi) is 7.25. The molecule has 4 aromatic rings. The van der Waals surface area contributed by atoms with Gasteiger partial charge in [0, 0.05) is 47.1 Å². The van der Waals surface area contributed by atoms with Crippen LogP contribution in [-0.4, -0.2) is 32.7 Å². The minimum absolute atomic E-state index is 0.0278. The minimum atomic E-state index is -0.0278. The zero-order valence-corrected chi connectivity index (χ0v) is 22.1. The molecule has 0 amide bonds. The van der Waals surface area contributed by atoms with Gasteiger partial charge in [-0.25, -0.2) is 0 Å². The average Bonchev–Trinajstić information content (AvgIpc) is 3.38. The van der Waals surface area contributed by atoms with E-state index < -0.39 is 0 Å². The molecule has 2 N–H and O–H groups in total. The predicted octanol–water partition coefficient (Wildman–Crippen LogP) is 6.62. The Morgan fingerprint density at radius 3 is 2.47 bits per heavy atom. The number of thiocarbonyl (C=S) groups is 1. The van der Waals surface area contributed by atoms with Crippen molar-refractivity contribution in [3.05, 3.63) is 113 Å². The third-order valence-corrected chi connectivity index (χ3v) is 7.35. The average molecular weight is 516 g/mol. The van der Waals surface area contributed by atoms with Crippen LogP contribution < -0.4 is 10.6 Å². The molecule has 0 radical (unpaired) electrons. The van der Waals surface area contributed by atoms with E-state index in [0.717, 1.165) is 46.7 Å². The Balaban J connectivity index is 1.45. The molecule has 2 atom stereocenters. The summed E-state index contributed by atoms with van der Waals surface area (Å²) in [5.74, 6) is 0. The fourth-order valence-corrected chi connectivity index (χ4v) is 5.56. The molecular formula is C29H30ClN5S. The van der Waals surface area contributed by atoms with E-state index in [1.165, 1.54) is 17.0 Å². The monoisotopic (exact) mass is 515 g/mol. The number of hydrogen-bond acceptors (Lipinski definition) is 3. The van der Waals surface area contributed by atoms with Crippen molar-refractivity contribution in [2.75, 3.05) is 18.4 Å². The number of halogens is 1. The first kappa shape index (κ1) is 24.3. The minimum Gasteiger partial charge on any atom is -0.385 e. The topological polar surface area (TPSA) is 45.1 Å². The van der Waals surface area contributed by atoms with Crippen LogP contribution in [-0.2, 0) is 0 Å². The number of rotatable bonds is 8. The molecule has 36 heavy (non-hydrogen) atoms. The first-order chi connectivity index (χ1) is 17.5. The van der Waals surface area contributed by atoms with Gasteiger partial charge in [0.1, 0.15) is 0 Å². The number of aromatic nitrogens is 2. The summed E-state index contributed by atoms with van der Waals surface area (Å²) in [4.78, 5) is 7.01.